The van der Waals surface area contributed by atoms with Crippen molar-refractivity contribution in [3.05, 3.63) is 63.7 Å². The fourth-order valence-corrected chi connectivity index (χ4v) is 2.26. The Balaban J connectivity index is 2.01. The molecule has 22 heavy (non-hydrogen) atoms. The molecule has 0 aliphatic heterocycles. The Labute approximate surface area is 135 Å². The van der Waals surface area contributed by atoms with E-state index in [0.29, 0.717) is 5.02 Å². The van der Waals surface area contributed by atoms with Crippen LogP contribution < -0.4 is 10.7 Å². The quantitative estimate of drug-likeness (QED) is 0.639. The lowest BCUT2D eigenvalue weighted by molar-refractivity contribution is 0.252. The molecule has 2 aromatic carbocycles. The van der Waals surface area contributed by atoms with Gasteiger partial charge in [-0.3, -0.25) is 0 Å². The molecule has 2 rings (SSSR count). The van der Waals surface area contributed by atoms with Crippen molar-refractivity contribution in [1.29, 1.82) is 0 Å². The number of rotatable bonds is 3. The maximum atomic E-state index is 11.9. The van der Waals surface area contributed by atoms with E-state index >= 15 is 0 Å². The van der Waals surface area contributed by atoms with E-state index in [4.69, 9.17) is 11.6 Å². The highest BCUT2D eigenvalue weighted by Gasteiger charge is 2.06. The van der Waals surface area contributed by atoms with E-state index < -0.39 is 6.03 Å². The summed E-state index contributed by atoms with van der Waals surface area (Å²) >= 11 is 6.16. The first-order valence-electron chi connectivity index (χ1n) is 6.90. The Morgan fingerprint density at radius 2 is 1.64 bits per heavy atom. The number of hydrazone groups is 1. The van der Waals surface area contributed by atoms with Crippen LogP contribution >= 0.6 is 11.6 Å². The van der Waals surface area contributed by atoms with Gasteiger partial charge in [-0.15, -0.1) is 0 Å². The number of anilines is 1. The number of para-hydroxylation sites is 1. The molecule has 0 fully saturated rings. The van der Waals surface area contributed by atoms with Crippen LogP contribution in [-0.4, -0.2) is 12.2 Å². The van der Waals surface area contributed by atoms with Gasteiger partial charge < -0.3 is 5.32 Å². The van der Waals surface area contributed by atoms with E-state index in [2.05, 4.69) is 15.8 Å². The van der Waals surface area contributed by atoms with Gasteiger partial charge in [0.25, 0.3) is 0 Å². The predicted molar refractivity (Wildman–Crippen MR) is 91.9 cm³/mol. The molecular weight excluding hydrogens is 298 g/mol. The Morgan fingerprint density at radius 3 is 2.32 bits per heavy atom. The lowest BCUT2D eigenvalue weighted by Gasteiger charge is -2.10. The molecule has 2 aromatic rings. The highest BCUT2D eigenvalue weighted by molar-refractivity contribution is 6.33. The summed E-state index contributed by atoms with van der Waals surface area (Å²) in [6.07, 6.45) is 1.53. The topological polar surface area (TPSA) is 53.5 Å². The number of halogens is 1. The first-order valence-corrected chi connectivity index (χ1v) is 7.28. The van der Waals surface area contributed by atoms with Gasteiger partial charge in [-0.1, -0.05) is 48.0 Å². The fourth-order valence-electron chi connectivity index (χ4n) is 2.08. The molecular formula is C17H18ClN3O. The Morgan fingerprint density at radius 1 is 1.05 bits per heavy atom. The van der Waals surface area contributed by atoms with Gasteiger partial charge in [-0.2, -0.15) is 5.10 Å². The average molecular weight is 316 g/mol. The third-order valence-electron chi connectivity index (χ3n) is 3.31. The van der Waals surface area contributed by atoms with Crippen LogP contribution in [0.2, 0.25) is 5.02 Å². The number of hydrogen-bond acceptors (Lipinski definition) is 2. The number of hydrogen-bond donors (Lipinski definition) is 2. The zero-order valence-corrected chi connectivity index (χ0v) is 13.5. The smallest absolute Gasteiger partial charge is 0.306 e. The Kier molecular flexibility index (Phi) is 5.17. The van der Waals surface area contributed by atoms with E-state index in [1.165, 1.54) is 6.21 Å². The summed E-state index contributed by atoms with van der Waals surface area (Å²) < 4.78 is 0. The Hall–Kier alpha value is -2.33. The molecule has 0 spiro atoms. The number of aryl methyl sites for hydroxylation is 3. The van der Waals surface area contributed by atoms with Crippen LogP contribution in [0.3, 0.4) is 0 Å². The molecule has 114 valence electrons. The van der Waals surface area contributed by atoms with Gasteiger partial charge in [-0.05, 0) is 37.5 Å². The van der Waals surface area contributed by atoms with Crippen molar-refractivity contribution in [3.63, 3.8) is 0 Å². The van der Waals surface area contributed by atoms with Crippen molar-refractivity contribution in [3.8, 4) is 0 Å². The second kappa shape index (κ2) is 7.09. The summed E-state index contributed by atoms with van der Waals surface area (Å²) in [5, 5.41) is 7.35. The molecule has 0 aliphatic rings. The monoisotopic (exact) mass is 315 g/mol. The first-order chi connectivity index (χ1) is 10.5. The largest absolute Gasteiger partial charge is 0.339 e. The maximum absolute atomic E-state index is 11.9. The van der Waals surface area contributed by atoms with Crippen molar-refractivity contribution >= 4 is 29.5 Å². The van der Waals surface area contributed by atoms with Crippen LogP contribution in [0.15, 0.2) is 41.5 Å². The van der Waals surface area contributed by atoms with Gasteiger partial charge in [0.1, 0.15) is 0 Å². The summed E-state index contributed by atoms with van der Waals surface area (Å²) in [6, 6.07) is 11.1. The SMILES string of the molecule is Cc1cccc(/C=N/NC(=O)Nc2c(C)cccc2C)c1Cl. The van der Waals surface area contributed by atoms with Gasteiger partial charge in [0.15, 0.2) is 0 Å². The molecule has 0 atom stereocenters. The van der Waals surface area contributed by atoms with Gasteiger partial charge in [0.05, 0.1) is 11.2 Å². The highest BCUT2D eigenvalue weighted by atomic mass is 35.5. The molecule has 2 amide bonds. The summed E-state index contributed by atoms with van der Waals surface area (Å²) in [4.78, 5) is 11.9. The van der Waals surface area contributed by atoms with E-state index in [1.807, 2.05) is 57.2 Å². The van der Waals surface area contributed by atoms with E-state index in [1.54, 1.807) is 0 Å². The maximum Gasteiger partial charge on any atom is 0.339 e. The van der Waals surface area contributed by atoms with Crippen LogP contribution in [0.5, 0.6) is 0 Å². The van der Waals surface area contributed by atoms with Crippen molar-refractivity contribution in [2.24, 2.45) is 5.10 Å². The van der Waals surface area contributed by atoms with Crippen LogP contribution in [0.25, 0.3) is 0 Å². The second-order valence-corrected chi connectivity index (χ2v) is 5.45. The molecule has 0 heterocycles. The standard InChI is InChI=1S/C17H18ClN3O/c1-11-6-5-9-14(15(11)18)10-19-21-17(22)20-16-12(2)7-4-8-13(16)3/h4-10H,1-3H3,(H2,20,21,22)/b19-10+. The lowest BCUT2D eigenvalue weighted by Crippen LogP contribution is -2.25. The zero-order valence-electron chi connectivity index (χ0n) is 12.8. The minimum absolute atomic E-state index is 0.391. The molecule has 0 saturated heterocycles. The third-order valence-corrected chi connectivity index (χ3v) is 3.83. The fraction of sp³-hybridized carbons (Fsp3) is 0.176. The third kappa shape index (κ3) is 3.86. The van der Waals surface area contributed by atoms with Gasteiger partial charge in [0.2, 0.25) is 0 Å². The molecule has 0 aliphatic carbocycles. The highest BCUT2D eigenvalue weighted by Crippen LogP contribution is 2.19. The summed E-state index contributed by atoms with van der Waals surface area (Å²) in [5.41, 5.74) is 6.96. The minimum atomic E-state index is -0.391. The number of carbonyl (C=O) groups excluding carboxylic acids is 1. The van der Waals surface area contributed by atoms with E-state index in [9.17, 15) is 4.79 Å². The van der Waals surface area contributed by atoms with Crippen LogP contribution in [0.4, 0.5) is 10.5 Å². The first kappa shape index (κ1) is 16.0. The number of benzene rings is 2. The molecule has 2 N–H and O–H groups in total. The number of nitrogens with one attached hydrogen (secondary N) is 2. The number of amides is 2. The molecule has 0 unspecified atom stereocenters. The van der Waals surface area contributed by atoms with Crippen molar-refractivity contribution in [2.75, 3.05) is 5.32 Å². The number of nitrogens with zero attached hydrogens (tertiary/aromatic N) is 1. The van der Waals surface area contributed by atoms with E-state index in [0.717, 1.165) is 27.9 Å². The summed E-state index contributed by atoms with van der Waals surface area (Å²) in [7, 11) is 0. The molecule has 0 bridgehead atoms. The van der Waals surface area contributed by atoms with Crippen LogP contribution in [0, 0.1) is 20.8 Å². The molecule has 0 saturated carbocycles. The lowest BCUT2D eigenvalue weighted by atomic mass is 10.1. The predicted octanol–water partition coefficient (Wildman–Crippen LogP) is 4.42. The van der Waals surface area contributed by atoms with Gasteiger partial charge >= 0.3 is 6.03 Å². The minimum Gasteiger partial charge on any atom is -0.306 e. The Bertz CT molecular complexity index is 706. The molecule has 5 heteroatoms. The number of urea groups is 1. The number of carbonyl (C=O) groups is 1. The van der Waals surface area contributed by atoms with Crippen molar-refractivity contribution < 1.29 is 4.79 Å². The van der Waals surface area contributed by atoms with Gasteiger partial charge in [-0.25, -0.2) is 10.2 Å². The van der Waals surface area contributed by atoms with Crippen molar-refractivity contribution in [2.45, 2.75) is 20.8 Å². The van der Waals surface area contributed by atoms with Crippen LogP contribution in [0.1, 0.15) is 22.3 Å². The summed E-state index contributed by atoms with van der Waals surface area (Å²) in [5.74, 6) is 0. The van der Waals surface area contributed by atoms with Gasteiger partial charge in [0, 0.05) is 11.3 Å². The van der Waals surface area contributed by atoms with E-state index in [-0.39, 0.29) is 0 Å². The second-order valence-electron chi connectivity index (χ2n) is 5.07. The molecule has 0 radical (unpaired) electrons. The molecule has 4 nitrogen and oxygen atoms in total. The molecule has 0 aromatic heterocycles. The average Bonchev–Trinajstić information content (AvgIpc) is 2.47. The van der Waals surface area contributed by atoms with Crippen LogP contribution in [-0.2, 0) is 0 Å². The zero-order chi connectivity index (χ0) is 16.1. The summed E-state index contributed by atoms with van der Waals surface area (Å²) in [6.45, 7) is 5.80. The normalized spacial score (nSPS) is 10.7. The van der Waals surface area contributed by atoms with Crippen molar-refractivity contribution in [1.82, 2.24) is 5.43 Å².